The van der Waals surface area contributed by atoms with Crippen LogP contribution in [0, 0.1) is 6.92 Å². The van der Waals surface area contributed by atoms with E-state index < -0.39 is 0 Å². The van der Waals surface area contributed by atoms with E-state index in [9.17, 15) is 4.79 Å². The van der Waals surface area contributed by atoms with Crippen molar-refractivity contribution in [1.29, 1.82) is 0 Å². The minimum Gasteiger partial charge on any atom is -0.374 e. The Hall–Kier alpha value is -1.14. The summed E-state index contributed by atoms with van der Waals surface area (Å²) in [7, 11) is 0. The van der Waals surface area contributed by atoms with E-state index >= 15 is 0 Å². The topological polar surface area (TPSA) is 67.6 Å². The number of ether oxygens (including phenoxy) is 1. The van der Waals surface area contributed by atoms with Crippen molar-refractivity contribution in [2.24, 2.45) is 5.73 Å². The molecular weight excluding hydrogens is 278 g/mol. The average molecular weight is 298 g/mol. The summed E-state index contributed by atoms with van der Waals surface area (Å²) >= 11 is 5.94. The van der Waals surface area contributed by atoms with Crippen LogP contribution in [0.1, 0.15) is 5.56 Å². The van der Waals surface area contributed by atoms with E-state index in [2.05, 4.69) is 10.2 Å². The molecule has 1 heterocycles. The lowest BCUT2D eigenvalue weighted by Gasteiger charge is -2.31. The number of nitrogens with two attached hydrogens (primary N) is 1. The van der Waals surface area contributed by atoms with Crippen molar-refractivity contribution < 1.29 is 9.53 Å². The van der Waals surface area contributed by atoms with Gasteiger partial charge in [-0.05, 0) is 24.6 Å². The molecular formula is C14H20ClN3O2. The molecule has 0 bridgehead atoms. The van der Waals surface area contributed by atoms with Crippen molar-refractivity contribution in [3.05, 3.63) is 28.8 Å². The standard InChI is InChI=1S/C14H20ClN3O2/c1-10-2-3-11(15)6-13(10)17-14(19)9-18-4-5-20-12(7-16)8-18/h2-3,6,12H,4-5,7-9,16H2,1H3,(H,17,19). The summed E-state index contributed by atoms with van der Waals surface area (Å²) in [5.41, 5.74) is 7.34. The molecule has 0 spiro atoms. The molecule has 1 aliphatic rings. The number of rotatable bonds is 4. The Bertz CT molecular complexity index is 481. The molecule has 0 aromatic heterocycles. The first-order valence-electron chi connectivity index (χ1n) is 6.68. The molecule has 0 radical (unpaired) electrons. The fourth-order valence-electron chi connectivity index (χ4n) is 2.19. The zero-order chi connectivity index (χ0) is 14.5. The Morgan fingerprint density at radius 1 is 1.60 bits per heavy atom. The van der Waals surface area contributed by atoms with Gasteiger partial charge in [0.15, 0.2) is 0 Å². The van der Waals surface area contributed by atoms with Gasteiger partial charge in [0, 0.05) is 30.3 Å². The van der Waals surface area contributed by atoms with Crippen molar-refractivity contribution in [1.82, 2.24) is 4.90 Å². The number of nitrogens with one attached hydrogen (secondary N) is 1. The maximum Gasteiger partial charge on any atom is 0.238 e. The van der Waals surface area contributed by atoms with Gasteiger partial charge in [0.25, 0.3) is 0 Å². The van der Waals surface area contributed by atoms with Crippen LogP contribution in [0.15, 0.2) is 18.2 Å². The second-order valence-corrected chi connectivity index (χ2v) is 5.41. The molecule has 1 fully saturated rings. The fourth-order valence-corrected chi connectivity index (χ4v) is 2.36. The summed E-state index contributed by atoms with van der Waals surface area (Å²) in [6.07, 6.45) is 0.0180. The predicted molar refractivity (Wildman–Crippen MR) is 80.1 cm³/mol. The molecule has 1 saturated heterocycles. The lowest BCUT2D eigenvalue weighted by atomic mass is 10.2. The minimum atomic E-state index is -0.0481. The third-order valence-corrected chi connectivity index (χ3v) is 3.56. The Kier molecular flexibility index (Phi) is 5.37. The SMILES string of the molecule is Cc1ccc(Cl)cc1NC(=O)CN1CCOC(CN)C1. The molecule has 1 aromatic carbocycles. The summed E-state index contributed by atoms with van der Waals surface area (Å²) in [4.78, 5) is 14.1. The number of carbonyl (C=O) groups is 1. The lowest BCUT2D eigenvalue weighted by Crippen LogP contribution is -2.48. The van der Waals surface area contributed by atoms with E-state index in [0.29, 0.717) is 31.3 Å². The molecule has 6 heteroatoms. The molecule has 1 atom stereocenters. The molecule has 0 aliphatic carbocycles. The highest BCUT2D eigenvalue weighted by Crippen LogP contribution is 2.20. The molecule has 1 aliphatic heterocycles. The van der Waals surface area contributed by atoms with E-state index in [1.165, 1.54) is 0 Å². The molecule has 1 amide bonds. The summed E-state index contributed by atoms with van der Waals surface area (Å²) in [5, 5.41) is 3.51. The van der Waals surface area contributed by atoms with Crippen LogP contribution < -0.4 is 11.1 Å². The second-order valence-electron chi connectivity index (χ2n) is 4.97. The molecule has 5 nitrogen and oxygen atoms in total. The number of amides is 1. The highest BCUT2D eigenvalue weighted by atomic mass is 35.5. The highest BCUT2D eigenvalue weighted by Gasteiger charge is 2.21. The third kappa shape index (κ3) is 4.18. The van der Waals surface area contributed by atoms with Crippen LogP contribution in [0.3, 0.4) is 0 Å². The number of nitrogens with zero attached hydrogens (tertiary/aromatic N) is 1. The lowest BCUT2D eigenvalue weighted by molar-refractivity contribution is -0.119. The quantitative estimate of drug-likeness (QED) is 0.878. The van der Waals surface area contributed by atoms with Gasteiger partial charge < -0.3 is 15.8 Å². The van der Waals surface area contributed by atoms with Crippen molar-refractivity contribution in [3.63, 3.8) is 0 Å². The number of anilines is 1. The van der Waals surface area contributed by atoms with Crippen LogP contribution in [0.2, 0.25) is 5.02 Å². The Morgan fingerprint density at radius 3 is 3.15 bits per heavy atom. The van der Waals surface area contributed by atoms with Crippen LogP contribution in [0.25, 0.3) is 0 Å². The van der Waals surface area contributed by atoms with E-state index in [1.807, 2.05) is 13.0 Å². The third-order valence-electron chi connectivity index (χ3n) is 3.33. The van der Waals surface area contributed by atoms with E-state index in [4.69, 9.17) is 22.1 Å². The zero-order valence-electron chi connectivity index (χ0n) is 11.6. The summed E-state index contributed by atoms with van der Waals surface area (Å²) in [6, 6.07) is 5.45. The maximum atomic E-state index is 12.1. The fraction of sp³-hybridized carbons (Fsp3) is 0.500. The highest BCUT2D eigenvalue weighted by molar-refractivity contribution is 6.31. The smallest absolute Gasteiger partial charge is 0.238 e. The molecule has 1 aromatic rings. The van der Waals surface area contributed by atoms with Gasteiger partial charge in [0.1, 0.15) is 0 Å². The van der Waals surface area contributed by atoms with Crippen LogP contribution >= 0.6 is 11.6 Å². The minimum absolute atomic E-state index is 0.0180. The summed E-state index contributed by atoms with van der Waals surface area (Å²) in [6.45, 7) is 4.81. The van der Waals surface area contributed by atoms with E-state index in [0.717, 1.165) is 17.8 Å². The van der Waals surface area contributed by atoms with Crippen LogP contribution in [0.5, 0.6) is 0 Å². The van der Waals surface area contributed by atoms with Gasteiger partial charge in [0.2, 0.25) is 5.91 Å². The van der Waals surface area contributed by atoms with Crippen LogP contribution in [-0.4, -0.2) is 49.7 Å². The number of hydrogen-bond acceptors (Lipinski definition) is 4. The first-order valence-corrected chi connectivity index (χ1v) is 7.06. The van der Waals surface area contributed by atoms with Gasteiger partial charge in [-0.25, -0.2) is 0 Å². The Labute approximate surface area is 124 Å². The Morgan fingerprint density at radius 2 is 2.40 bits per heavy atom. The van der Waals surface area contributed by atoms with Gasteiger partial charge in [-0.1, -0.05) is 17.7 Å². The maximum absolute atomic E-state index is 12.1. The van der Waals surface area contributed by atoms with Crippen molar-refractivity contribution in [2.75, 3.05) is 38.1 Å². The van der Waals surface area contributed by atoms with E-state index in [-0.39, 0.29) is 12.0 Å². The number of benzene rings is 1. The first kappa shape index (κ1) is 15.3. The van der Waals surface area contributed by atoms with Crippen molar-refractivity contribution in [3.8, 4) is 0 Å². The second kappa shape index (κ2) is 7.04. The van der Waals surface area contributed by atoms with Crippen molar-refractivity contribution in [2.45, 2.75) is 13.0 Å². The monoisotopic (exact) mass is 297 g/mol. The molecule has 0 saturated carbocycles. The van der Waals surface area contributed by atoms with Gasteiger partial charge in [-0.2, -0.15) is 0 Å². The largest absolute Gasteiger partial charge is 0.374 e. The molecule has 110 valence electrons. The van der Waals surface area contributed by atoms with Gasteiger partial charge in [-0.3, -0.25) is 9.69 Å². The number of hydrogen-bond donors (Lipinski definition) is 2. The average Bonchev–Trinajstić information content (AvgIpc) is 2.43. The number of halogens is 1. The molecule has 1 unspecified atom stereocenters. The number of carbonyl (C=O) groups excluding carboxylic acids is 1. The van der Waals surface area contributed by atoms with Crippen LogP contribution in [0.4, 0.5) is 5.69 Å². The molecule has 20 heavy (non-hydrogen) atoms. The van der Waals surface area contributed by atoms with E-state index in [1.54, 1.807) is 12.1 Å². The summed E-state index contributed by atoms with van der Waals surface area (Å²) in [5.74, 6) is -0.0481. The number of aryl methyl sites for hydroxylation is 1. The number of morpholine rings is 1. The van der Waals surface area contributed by atoms with Gasteiger partial charge >= 0.3 is 0 Å². The zero-order valence-corrected chi connectivity index (χ0v) is 12.3. The van der Waals surface area contributed by atoms with Gasteiger partial charge in [-0.15, -0.1) is 0 Å². The predicted octanol–water partition coefficient (Wildman–Crippen LogP) is 1.25. The summed E-state index contributed by atoms with van der Waals surface area (Å²) < 4.78 is 5.48. The van der Waals surface area contributed by atoms with Crippen LogP contribution in [-0.2, 0) is 9.53 Å². The molecule has 3 N–H and O–H groups in total. The Balaban J connectivity index is 1.90. The first-order chi connectivity index (χ1) is 9.58. The van der Waals surface area contributed by atoms with Gasteiger partial charge in [0.05, 0.1) is 19.3 Å². The normalized spacial score (nSPS) is 19.9. The molecule has 2 rings (SSSR count). The van der Waals surface area contributed by atoms with Crippen molar-refractivity contribution >= 4 is 23.2 Å².